The molecule has 2 aliphatic heterocycles. The predicted octanol–water partition coefficient (Wildman–Crippen LogP) is 16.5. The van der Waals surface area contributed by atoms with Gasteiger partial charge in [-0.15, -0.1) is 0 Å². The summed E-state index contributed by atoms with van der Waals surface area (Å²) in [5, 5.41) is 0. The third-order valence-electron chi connectivity index (χ3n) is 18.6. The summed E-state index contributed by atoms with van der Waals surface area (Å²) in [6, 6.07) is 52.8. The number of anilines is 6. The van der Waals surface area contributed by atoms with E-state index in [0.717, 1.165) is 0 Å². The van der Waals surface area contributed by atoms with E-state index in [1.807, 2.05) is 0 Å². The van der Waals surface area contributed by atoms with E-state index in [-0.39, 0.29) is 39.2 Å². The fourth-order valence-electron chi connectivity index (χ4n) is 13.9. The zero-order valence-electron chi connectivity index (χ0n) is 44.4. The van der Waals surface area contributed by atoms with Gasteiger partial charge < -0.3 is 9.80 Å². The molecule has 0 unspecified atom stereocenters. The average molecular weight is 917 g/mol. The lowest BCUT2D eigenvalue weighted by Gasteiger charge is -2.49. The smallest absolute Gasteiger partial charge is 0.252 e. The van der Waals surface area contributed by atoms with Crippen LogP contribution >= 0.6 is 0 Å². The van der Waals surface area contributed by atoms with Crippen molar-refractivity contribution in [3.05, 3.63) is 172 Å². The van der Waals surface area contributed by atoms with Crippen molar-refractivity contribution >= 4 is 57.2 Å². The molecule has 70 heavy (non-hydrogen) atoms. The third-order valence-corrected chi connectivity index (χ3v) is 18.6. The minimum atomic E-state index is 0.0371. The molecule has 3 aliphatic carbocycles. The Morgan fingerprint density at radius 3 is 1.13 bits per heavy atom. The summed E-state index contributed by atoms with van der Waals surface area (Å²) in [5.41, 5.74) is 27.7. The van der Waals surface area contributed by atoms with Crippen molar-refractivity contribution in [2.75, 3.05) is 9.80 Å². The summed E-state index contributed by atoms with van der Waals surface area (Å²) in [7, 11) is 0. The van der Waals surface area contributed by atoms with Gasteiger partial charge in [0, 0.05) is 34.1 Å². The number of rotatable bonds is 4. The first kappa shape index (κ1) is 45.4. The van der Waals surface area contributed by atoms with Gasteiger partial charge in [0.2, 0.25) is 0 Å². The molecule has 0 spiro atoms. The summed E-state index contributed by atoms with van der Waals surface area (Å²) in [5.74, 6) is 0. The topological polar surface area (TPSA) is 6.48 Å². The van der Waals surface area contributed by atoms with Crippen molar-refractivity contribution < 1.29 is 0 Å². The summed E-state index contributed by atoms with van der Waals surface area (Å²) in [6.45, 7) is 32.2. The van der Waals surface area contributed by atoms with Gasteiger partial charge in [-0.1, -0.05) is 162 Å². The van der Waals surface area contributed by atoms with Crippen LogP contribution in [0.1, 0.15) is 161 Å². The maximum atomic E-state index is 2.72. The van der Waals surface area contributed by atoms with E-state index in [2.05, 4.69) is 233 Å². The van der Waals surface area contributed by atoms with Crippen molar-refractivity contribution in [3.63, 3.8) is 0 Å². The maximum absolute atomic E-state index is 2.72. The molecule has 7 aromatic rings. The number of nitrogens with zero attached hydrogens (tertiary/aromatic N) is 2. The van der Waals surface area contributed by atoms with Crippen molar-refractivity contribution in [3.8, 4) is 22.3 Å². The number of hydrogen-bond donors (Lipinski definition) is 0. The van der Waals surface area contributed by atoms with E-state index in [1.54, 1.807) is 0 Å². The SMILES string of the molecule is Cc1cc2c3c(c1)N(c1ccc4c(c1)C(C)(C)CCC4(C)C)c1cc4c(cc1B3c1cc3c(cc1N2c1cc(-c2ccccc2)cc(-c2ccccc2)c1)C(C)(C)CCC3(C)C)C(C)(C)CCC4(C)C. The molecule has 0 saturated carbocycles. The lowest BCUT2D eigenvalue weighted by atomic mass is 9.32. The molecule has 0 atom stereocenters. The first-order valence-corrected chi connectivity index (χ1v) is 26.6. The average Bonchev–Trinajstić information content (AvgIpc) is 3.33. The van der Waals surface area contributed by atoms with Gasteiger partial charge in [0.15, 0.2) is 0 Å². The van der Waals surface area contributed by atoms with Gasteiger partial charge in [-0.25, -0.2) is 0 Å². The third kappa shape index (κ3) is 6.87. The summed E-state index contributed by atoms with van der Waals surface area (Å²) in [6.07, 6.45) is 7.08. The van der Waals surface area contributed by atoms with E-state index in [1.165, 1.54) is 150 Å². The van der Waals surface area contributed by atoms with Gasteiger partial charge in [-0.2, -0.15) is 0 Å². The molecule has 354 valence electrons. The minimum absolute atomic E-state index is 0.0371. The Balaban J connectivity index is 1.22. The normalized spacial score (nSPS) is 20.0. The molecule has 0 saturated heterocycles. The molecular formula is C67H73BN2. The van der Waals surface area contributed by atoms with E-state index in [9.17, 15) is 0 Å². The van der Waals surface area contributed by atoms with Crippen LogP contribution in [-0.2, 0) is 32.5 Å². The van der Waals surface area contributed by atoms with Gasteiger partial charge in [0.1, 0.15) is 0 Å². The van der Waals surface area contributed by atoms with Crippen LogP contribution in [0.15, 0.2) is 133 Å². The number of aryl methyl sites for hydroxylation is 1. The molecule has 2 nitrogen and oxygen atoms in total. The molecule has 7 aromatic carbocycles. The molecular weight excluding hydrogens is 844 g/mol. The van der Waals surface area contributed by atoms with Crippen molar-refractivity contribution in [2.45, 2.75) is 161 Å². The molecule has 2 heterocycles. The van der Waals surface area contributed by atoms with Crippen LogP contribution in [0, 0.1) is 6.92 Å². The molecule has 0 aromatic heterocycles. The van der Waals surface area contributed by atoms with Crippen molar-refractivity contribution in [2.24, 2.45) is 0 Å². The van der Waals surface area contributed by atoms with Gasteiger partial charge in [0.05, 0.1) is 0 Å². The fraction of sp³-hybridized carbons (Fsp3) is 0.373. The first-order valence-electron chi connectivity index (χ1n) is 26.6. The summed E-state index contributed by atoms with van der Waals surface area (Å²) in [4.78, 5) is 5.42. The summed E-state index contributed by atoms with van der Waals surface area (Å²) < 4.78 is 0. The lowest BCUT2D eigenvalue weighted by Crippen LogP contribution is -2.62. The van der Waals surface area contributed by atoms with Gasteiger partial charge in [0.25, 0.3) is 6.71 Å². The zero-order chi connectivity index (χ0) is 49.1. The second kappa shape index (κ2) is 15.1. The monoisotopic (exact) mass is 917 g/mol. The molecule has 0 radical (unpaired) electrons. The first-order chi connectivity index (χ1) is 33.0. The van der Waals surface area contributed by atoms with Crippen LogP contribution in [0.4, 0.5) is 34.1 Å². The van der Waals surface area contributed by atoms with E-state index in [0.29, 0.717) is 0 Å². The number of fused-ring (bicyclic) bond motifs is 7. The number of benzene rings is 7. The van der Waals surface area contributed by atoms with Crippen LogP contribution in [0.5, 0.6) is 0 Å². The Hall–Kier alpha value is -5.80. The molecule has 0 amide bonds. The minimum Gasteiger partial charge on any atom is -0.311 e. The standard InChI is InChI=1S/C67H73BN2/c1-42-32-59-61-60(33-42)70(48-35-45(43-20-16-14-17-21-43)34-46(36-48)44-22-18-15-19-23-44)58-41-54-52(65(8,9)29-31-67(54,12)13)39-56(58)68(61)55-38-51-53(66(10,11)30-28-64(51,6)7)40-57(55)69(59)47-24-25-49-50(37-47)63(4,5)27-26-62(49,2)3/h14-25,32-41H,26-31H2,1-13H3. The van der Waals surface area contributed by atoms with Crippen LogP contribution in [0.3, 0.4) is 0 Å². The molecule has 0 bridgehead atoms. The fourth-order valence-corrected chi connectivity index (χ4v) is 13.9. The molecule has 3 heteroatoms. The zero-order valence-corrected chi connectivity index (χ0v) is 44.4. The summed E-state index contributed by atoms with van der Waals surface area (Å²) >= 11 is 0. The highest BCUT2D eigenvalue weighted by Crippen LogP contribution is 2.54. The predicted molar refractivity (Wildman–Crippen MR) is 302 cm³/mol. The second-order valence-electron chi connectivity index (χ2n) is 26.3. The van der Waals surface area contributed by atoms with E-state index in [4.69, 9.17) is 0 Å². The highest BCUT2D eigenvalue weighted by molar-refractivity contribution is 7.00. The van der Waals surface area contributed by atoms with Crippen molar-refractivity contribution in [1.29, 1.82) is 0 Å². The molecule has 5 aliphatic rings. The van der Waals surface area contributed by atoms with Crippen LogP contribution in [0.25, 0.3) is 22.3 Å². The Labute approximate surface area is 420 Å². The van der Waals surface area contributed by atoms with E-state index >= 15 is 0 Å². The van der Waals surface area contributed by atoms with E-state index < -0.39 is 0 Å². The van der Waals surface area contributed by atoms with Crippen LogP contribution < -0.4 is 26.2 Å². The Morgan fingerprint density at radius 2 is 0.700 bits per heavy atom. The molecule has 0 fully saturated rings. The number of hydrogen-bond acceptors (Lipinski definition) is 2. The quantitative estimate of drug-likeness (QED) is 0.162. The lowest BCUT2D eigenvalue weighted by molar-refractivity contribution is 0.332. The van der Waals surface area contributed by atoms with Gasteiger partial charge in [-0.3, -0.25) is 0 Å². The second-order valence-corrected chi connectivity index (χ2v) is 26.3. The molecule has 12 rings (SSSR count). The van der Waals surface area contributed by atoms with Crippen LogP contribution in [0.2, 0.25) is 0 Å². The highest BCUT2D eigenvalue weighted by atomic mass is 15.2. The highest BCUT2D eigenvalue weighted by Gasteiger charge is 2.49. The maximum Gasteiger partial charge on any atom is 0.252 e. The Morgan fingerprint density at radius 1 is 0.329 bits per heavy atom. The van der Waals surface area contributed by atoms with Gasteiger partial charge in [-0.05, 0) is 210 Å². The molecule has 0 N–H and O–H groups in total. The Kier molecular flexibility index (Phi) is 9.79. The van der Waals surface area contributed by atoms with Crippen LogP contribution in [-0.4, -0.2) is 6.71 Å². The van der Waals surface area contributed by atoms with Gasteiger partial charge >= 0.3 is 0 Å². The van der Waals surface area contributed by atoms with Crippen molar-refractivity contribution in [1.82, 2.24) is 0 Å². The largest absolute Gasteiger partial charge is 0.311 e. The Bertz CT molecular complexity index is 3230.